The Morgan fingerprint density at radius 1 is 1.30 bits per heavy atom. The highest BCUT2D eigenvalue weighted by Gasteiger charge is 2.21. The second-order valence-electron chi connectivity index (χ2n) is 5.88. The van der Waals surface area contributed by atoms with Gasteiger partial charge in [-0.25, -0.2) is 14.6 Å². The molecular formula is C18H26N4O5. The molecule has 2 rings (SSSR count). The summed E-state index contributed by atoms with van der Waals surface area (Å²) in [6, 6.07) is 3.47. The number of hydrogen-bond acceptors (Lipinski definition) is 9. The maximum Gasteiger partial charge on any atom is 0.347 e. The van der Waals surface area contributed by atoms with Gasteiger partial charge in [0.05, 0.1) is 25.5 Å². The van der Waals surface area contributed by atoms with Crippen LogP contribution in [0, 0.1) is 5.92 Å². The number of nitrogens with two attached hydrogens (primary N) is 1. The van der Waals surface area contributed by atoms with Crippen molar-refractivity contribution in [2.24, 2.45) is 5.92 Å². The minimum atomic E-state index is -0.771. The highest BCUT2D eigenvalue weighted by molar-refractivity contribution is 6.14. The fourth-order valence-electron chi connectivity index (χ4n) is 2.46. The average molecular weight is 378 g/mol. The highest BCUT2D eigenvalue weighted by Crippen LogP contribution is 2.20. The topological polar surface area (TPSA) is 125 Å². The predicted molar refractivity (Wildman–Crippen MR) is 101 cm³/mol. The van der Waals surface area contributed by atoms with Gasteiger partial charge in [0, 0.05) is 25.3 Å². The summed E-state index contributed by atoms with van der Waals surface area (Å²) < 4.78 is 15.1. The van der Waals surface area contributed by atoms with Crippen LogP contribution in [-0.4, -0.2) is 49.9 Å². The molecule has 2 heterocycles. The van der Waals surface area contributed by atoms with Gasteiger partial charge in [0.1, 0.15) is 11.6 Å². The predicted octanol–water partition coefficient (Wildman–Crippen LogP) is 1.53. The van der Waals surface area contributed by atoms with E-state index in [1.165, 1.54) is 6.20 Å². The van der Waals surface area contributed by atoms with Gasteiger partial charge in [-0.3, -0.25) is 0 Å². The van der Waals surface area contributed by atoms with E-state index < -0.39 is 11.9 Å². The summed E-state index contributed by atoms with van der Waals surface area (Å²) in [6.07, 6.45) is 2.24. The number of nitrogen functional groups attached to an aromatic ring is 1. The van der Waals surface area contributed by atoms with Gasteiger partial charge in [0.25, 0.3) is 0 Å². The first-order valence-corrected chi connectivity index (χ1v) is 8.94. The van der Waals surface area contributed by atoms with Crippen LogP contribution in [0.1, 0.15) is 20.3 Å². The van der Waals surface area contributed by atoms with Crippen molar-refractivity contribution in [3.05, 3.63) is 23.9 Å². The second kappa shape index (κ2) is 10.4. The molecule has 9 heteroatoms. The molecule has 1 saturated heterocycles. The molecule has 27 heavy (non-hydrogen) atoms. The molecule has 1 atom stereocenters. The fraction of sp³-hybridized carbons (Fsp3) is 0.500. The van der Waals surface area contributed by atoms with E-state index in [0.717, 1.165) is 26.2 Å². The summed E-state index contributed by atoms with van der Waals surface area (Å²) in [4.78, 5) is 28.1. The Morgan fingerprint density at radius 2 is 2.00 bits per heavy atom. The summed E-state index contributed by atoms with van der Waals surface area (Å²) in [5, 5.41) is 6.04. The maximum absolute atomic E-state index is 11.9. The number of carbonyl (C=O) groups is 2. The minimum Gasteiger partial charge on any atom is -0.462 e. The summed E-state index contributed by atoms with van der Waals surface area (Å²) >= 11 is 0. The third kappa shape index (κ3) is 6.14. The van der Waals surface area contributed by atoms with E-state index in [0.29, 0.717) is 17.4 Å². The van der Waals surface area contributed by atoms with Crippen molar-refractivity contribution in [2.45, 2.75) is 20.3 Å². The van der Waals surface area contributed by atoms with Crippen LogP contribution in [0.25, 0.3) is 0 Å². The van der Waals surface area contributed by atoms with Gasteiger partial charge < -0.3 is 30.6 Å². The highest BCUT2D eigenvalue weighted by atomic mass is 16.6. The van der Waals surface area contributed by atoms with Crippen molar-refractivity contribution < 1.29 is 23.8 Å². The number of rotatable bonds is 9. The van der Waals surface area contributed by atoms with Crippen molar-refractivity contribution in [2.75, 3.05) is 49.3 Å². The van der Waals surface area contributed by atoms with E-state index in [1.54, 1.807) is 26.0 Å². The van der Waals surface area contributed by atoms with Gasteiger partial charge in [-0.05, 0) is 32.4 Å². The summed E-state index contributed by atoms with van der Waals surface area (Å²) in [5.74, 6) is -0.208. The van der Waals surface area contributed by atoms with Crippen LogP contribution >= 0.6 is 0 Å². The zero-order chi connectivity index (χ0) is 19.6. The molecule has 148 valence electrons. The molecule has 0 aromatic carbocycles. The molecule has 1 aliphatic heterocycles. The van der Waals surface area contributed by atoms with Crippen LogP contribution in [-0.2, 0) is 23.8 Å². The van der Waals surface area contributed by atoms with Crippen molar-refractivity contribution in [1.29, 1.82) is 0 Å². The van der Waals surface area contributed by atoms with Gasteiger partial charge in [-0.15, -0.1) is 0 Å². The van der Waals surface area contributed by atoms with Crippen molar-refractivity contribution >= 4 is 29.3 Å². The first-order chi connectivity index (χ1) is 13.0. The fourth-order valence-corrected chi connectivity index (χ4v) is 2.46. The van der Waals surface area contributed by atoms with Gasteiger partial charge in [-0.1, -0.05) is 0 Å². The SMILES string of the molecule is CCOC(=O)C(=CNc1ccc(NCC2CCOC2)nc1N)C(=O)OCC. The molecule has 4 N–H and O–H groups in total. The summed E-state index contributed by atoms with van der Waals surface area (Å²) in [6.45, 7) is 5.89. The lowest BCUT2D eigenvalue weighted by atomic mass is 10.1. The van der Waals surface area contributed by atoms with Crippen molar-refractivity contribution in [1.82, 2.24) is 4.98 Å². The lowest BCUT2D eigenvalue weighted by Crippen LogP contribution is -2.19. The normalized spacial score (nSPS) is 15.7. The van der Waals surface area contributed by atoms with Gasteiger partial charge in [0.15, 0.2) is 5.57 Å². The van der Waals surface area contributed by atoms with Crippen molar-refractivity contribution in [3.8, 4) is 0 Å². The third-order valence-corrected chi connectivity index (χ3v) is 3.88. The van der Waals surface area contributed by atoms with E-state index in [-0.39, 0.29) is 24.6 Å². The molecule has 1 unspecified atom stereocenters. The largest absolute Gasteiger partial charge is 0.462 e. The molecule has 1 aliphatic rings. The zero-order valence-corrected chi connectivity index (χ0v) is 15.6. The lowest BCUT2D eigenvalue weighted by Gasteiger charge is -2.12. The van der Waals surface area contributed by atoms with E-state index in [4.69, 9.17) is 19.9 Å². The van der Waals surface area contributed by atoms with E-state index >= 15 is 0 Å². The molecule has 1 aromatic heterocycles. The zero-order valence-electron chi connectivity index (χ0n) is 15.6. The molecule has 0 spiro atoms. The number of ether oxygens (including phenoxy) is 3. The quantitative estimate of drug-likeness (QED) is 0.254. The smallest absolute Gasteiger partial charge is 0.347 e. The molecule has 1 fully saturated rings. The Bertz CT molecular complexity index is 666. The number of aromatic nitrogens is 1. The van der Waals surface area contributed by atoms with Gasteiger partial charge in [0.2, 0.25) is 0 Å². The van der Waals surface area contributed by atoms with Crippen LogP contribution in [0.3, 0.4) is 0 Å². The van der Waals surface area contributed by atoms with Crippen LogP contribution in [0.4, 0.5) is 17.3 Å². The maximum atomic E-state index is 11.9. The number of pyridine rings is 1. The van der Waals surface area contributed by atoms with Crippen LogP contribution < -0.4 is 16.4 Å². The third-order valence-electron chi connectivity index (χ3n) is 3.88. The van der Waals surface area contributed by atoms with E-state index in [2.05, 4.69) is 15.6 Å². The molecule has 1 aromatic rings. The molecule has 0 saturated carbocycles. The number of anilines is 3. The van der Waals surface area contributed by atoms with E-state index in [1.807, 2.05) is 0 Å². The molecular weight excluding hydrogens is 352 g/mol. The Hall–Kier alpha value is -2.81. The number of carbonyl (C=O) groups excluding carboxylic acids is 2. The van der Waals surface area contributed by atoms with E-state index in [9.17, 15) is 9.59 Å². The number of nitrogens with one attached hydrogen (secondary N) is 2. The number of nitrogens with zero attached hydrogens (tertiary/aromatic N) is 1. The first kappa shape index (κ1) is 20.5. The second-order valence-corrected chi connectivity index (χ2v) is 5.88. The molecule has 0 bridgehead atoms. The van der Waals surface area contributed by atoms with Crippen LogP contribution in [0.15, 0.2) is 23.9 Å². The minimum absolute atomic E-state index is 0.145. The standard InChI is InChI=1S/C18H26N4O5/c1-3-26-17(23)13(18(24)27-4-2)10-20-14-5-6-15(22-16(14)19)21-9-12-7-8-25-11-12/h5-6,10,12,20H,3-4,7-9,11H2,1-2H3,(H3,19,21,22). The Morgan fingerprint density at radius 3 is 2.56 bits per heavy atom. The summed E-state index contributed by atoms with van der Waals surface area (Å²) in [5.41, 5.74) is 6.17. The van der Waals surface area contributed by atoms with Crippen LogP contribution in [0.5, 0.6) is 0 Å². The Kier molecular flexibility index (Phi) is 7.87. The monoisotopic (exact) mass is 378 g/mol. The number of esters is 2. The number of hydrogen-bond donors (Lipinski definition) is 3. The summed E-state index contributed by atoms with van der Waals surface area (Å²) in [7, 11) is 0. The molecule has 0 radical (unpaired) electrons. The Balaban J connectivity index is 2.03. The molecule has 0 amide bonds. The lowest BCUT2D eigenvalue weighted by molar-refractivity contribution is -0.146. The molecule has 0 aliphatic carbocycles. The molecule has 9 nitrogen and oxygen atoms in total. The van der Waals surface area contributed by atoms with Crippen LogP contribution in [0.2, 0.25) is 0 Å². The average Bonchev–Trinajstić information content (AvgIpc) is 3.15. The van der Waals surface area contributed by atoms with Gasteiger partial charge in [-0.2, -0.15) is 0 Å². The first-order valence-electron chi connectivity index (χ1n) is 8.94. The van der Waals surface area contributed by atoms with Crippen molar-refractivity contribution in [3.63, 3.8) is 0 Å². The van der Waals surface area contributed by atoms with Gasteiger partial charge >= 0.3 is 11.9 Å². The Labute approximate surface area is 158 Å².